The Morgan fingerprint density at radius 3 is 2.77 bits per heavy atom. The molecule has 0 bridgehead atoms. The third kappa shape index (κ3) is 2.84. The van der Waals surface area contributed by atoms with Crippen molar-refractivity contribution >= 4 is 22.9 Å². The van der Waals surface area contributed by atoms with E-state index in [1.165, 1.54) is 12.7 Å². The van der Waals surface area contributed by atoms with Crippen LogP contribution in [0.5, 0.6) is 0 Å². The second-order valence-corrected chi connectivity index (χ2v) is 6.51. The van der Waals surface area contributed by atoms with Gasteiger partial charge in [0.2, 0.25) is 5.58 Å². The largest absolute Gasteiger partial charge is 0.372 e. The molecule has 0 saturated carbocycles. The molecular formula is C17H18FN5O3. The maximum Gasteiger partial charge on any atom is 0.204 e. The summed E-state index contributed by atoms with van der Waals surface area (Å²) in [5.74, 6) is -0.580. The van der Waals surface area contributed by atoms with Gasteiger partial charge in [0, 0.05) is 18.7 Å². The highest BCUT2D eigenvalue weighted by Gasteiger charge is 2.29. The summed E-state index contributed by atoms with van der Waals surface area (Å²) in [6, 6.07) is 1.62. The fourth-order valence-corrected chi connectivity index (χ4v) is 3.45. The molecule has 1 aromatic carbocycles. The third-order valence-electron chi connectivity index (χ3n) is 4.42. The molecular weight excluding hydrogens is 341 g/mol. The summed E-state index contributed by atoms with van der Waals surface area (Å²) >= 11 is 0. The van der Waals surface area contributed by atoms with Gasteiger partial charge in [-0.2, -0.15) is 5.10 Å². The first-order valence-electron chi connectivity index (χ1n) is 8.35. The van der Waals surface area contributed by atoms with Crippen molar-refractivity contribution in [2.75, 3.05) is 18.0 Å². The molecule has 0 radical (unpaired) electrons. The monoisotopic (exact) mass is 359 g/mol. The SMILES string of the molecule is C[C@@H]1CN(c2c(C=O)cc3c(Cn4cncn4)noc3c2F)C[C@H](C)O1. The van der Waals surface area contributed by atoms with E-state index in [0.717, 1.165) is 0 Å². The number of aldehydes is 1. The Morgan fingerprint density at radius 2 is 2.12 bits per heavy atom. The molecule has 1 aliphatic heterocycles. The fraction of sp³-hybridized carbons (Fsp3) is 0.412. The van der Waals surface area contributed by atoms with E-state index in [2.05, 4.69) is 15.2 Å². The Hall–Kier alpha value is -2.81. The number of morpholine rings is 1. The first kappa shape index (κ1) is 16.6. The molecule has 2 atom stereocenters. The van der Waals surface area contributed by atoms with Crippen LogP contribution in [0.25, 0.3) is 11.0 Å². The van der Waals surface area contributed by atoms with Crippen LogP contribution in [0, 0.1) is 5.82 Å². The number of aromatic nitrogens is 4. The summed E-state index contributed by atoms with van der Waals surface area (Å²) in [6.07, 6.45) is 3.47. The Balaban J connectivity index is 1.79. The molecule has 0 N–H and O–H groups in total. The molecule has 4 rings (SSSR count). The number of benzene rings is 1. The molecule has 3 aromatic rings. The minimum absolute atomic E-state index is 0.0347. The van der Waals surface area contributed by atoms with Gasteiger partial charge in [-0.15, -0.1) is 0 Å². The number of hydrogen-bond acceptors (Lipinski definition) is 7. The summed E-state index contributed by atoms with van der Waals surface area (Å²) in [5.41, 5.74) is 1.02. The van der Waals surface area contributed by atoms with E-state index in [1.54, 1.807) is 10.7 Å². The van der Waals surface area contributed by atoms with Crippen molar-refractivity contribution < 1.29 is 18.4 Å². The number of carbonyl (C=O) groups excluding carboxylic acids is 1. The molecule has 1 saturated heterocycles. The standard InChI is InChI=1S/C17H18FN5O3/c1-10-4-22(5-11(2)25-10)16-12(7-24)3-13-14(6-23-9-19-8-20-23)21-26-17(13)15(16)18/h3,7-11H,4-6H2,1-2H3/t10-,11+. The van der Waals surface area contributed by atoms with Gasteiger partial charge in [-0.25, -0.2) is 14.1 Å². The van der Waals surface area contributed by atoms with Gasteiger partial charge in [0.15, 0.2) is 12.1 Å². The van der Waals surface area contributed by atoms with E-state index in [9.17, 15) is 4.79 Å². The van der Waals surface area contributed by atoms with Crippen LogP contribution in [0.1, 0.15) is 29.9 Å². The van der Waals surface area contributed by atoms with Crippen molar-refractivity contribution in [1.29, 1.82) is 0 Å². The summed E-state index contributed by atoms with van der Waals surface area (Å²) in [5, 5.41) is 8.43. The van der Waals surface area contributed by atoms with Crippen LogP contribution in [0.15, 0.2) is 23.2 Å². The number of nitrogens with zero attached hydrogens (tertiary/aromatic N) is 5. The van der Waals surface area contributed by atoms with E-state index >= 15 is 4.39 Å². The average molecular weight is 359 g/mol. The number of ether oxygens (including phenoxy) is 1. The maximum absolute atomic E-state index is 15.2. The number of fused-ring (bicyclic) bond motifs is 1. The molecule has 1 fully saturated rings. The molecule has 0 amide bonds. The lowest BCUT2D eigenvalue weighted by atomic mass is 10.1. The Morgan fingerprint density at radius 1 is 1.35 bits per heavy atom. The number of anilines is 1. The summed E-state index contributed by atoms with van der Waals surface area (Å²) in [4.78, 5) is 17.4. The van der Waals surface area contributed by atoms with E-state index in [4.69, 9.17) is 9.26 Å². The van der Waals surface area contributed by atoms with Crippen LogP contribution in [0.3, 0.4) is 0 Å². The van der Waals surface area contributed by atoms with Gasteiger partial charge in [0.1, 0.15) is 18.3 Å². The van der Waals surface area contributed by atoms with Crippen molar-refractivity contribution in [3.8, 4) is 0 Å². The topological polar surface area (TPSA) is 86.3 Å². The van der Waals surface area contributed by atoms with Gasteiger partial charge in [-0.05, 0) is 19.9 Å². The summed E-state index contributed by atoms with van der Waals surface area (Å²) in [6.45, 7) is 5.10. The molecule has 26 heavy (non-hydrogen) atoms. The van der Waals surface area contributed by atoms with Gasteiger partial charge in [-0.3, -0.25) is 4.79 Å². The first-order chi connectivity index (χ1) is 12.6. The first-order valence-corrected chi connectivity index (χ1v) is 8.35. The van der Waals surface area contributed by atoms with Crippen molar-refractivity contribution in [3.05, 3.63) is 35.8 Å². The molecule has 8 nitrogen and oxygen atoms in total. The van der Waals surface area contributed by atoms with Gasteiger partial charge in [0.25, 0.3) is 0 Å². The zero-order chi connectivity index (χ0) is 18.3. The number of rotatable bonds is 4. The zero-order valence-corrected chi connectivity index (χ0v) is 14.4. The number of hydrogen-bond donors (Lipinski definition) is 0. The van der Waals surface area contributed by atoms with E-state index in [-0.39, 0.29) is 35.6 Å². The highest BCUT2D eigenvalue weighted by Crippen LogP contribution is 2.34. The van der Waals surface area contributed by atoms with Gasteiger partial charge in [-0.1, -0.05) is 5.16 Å². The van der Waals surface area contributed by atoms with Crippen LogP contribution >= 0.6 is 0 Å². The molecule has 136 valence electrons. The lowest BCUT2D eigenvalue weighted by Crippen LogP contribution is -2.46. The lowest BCUT2D eigenvalue weighted by molar-refractivity contribution is -0.00543. The van der Waals surface area contributed by atoms with Crippen LogP contribution in [0.4, 0.5) is 10.1 Å². The predicted octanol–water partition coefficient (Wildman–Crippen LogP) is 2.03. The number of carbonyl (C=O) groups is 1. The predicted molar refractivity (Wildman–Crippen MR) is 90.7 cm³/mol. The lowest BCUT2D eigenvalue weighted by Gasteiger charge is -2.37. The molecule has 0 aliphatic carbocycles. The Labute approximate surface area is 148 Å². The second kappa shape index (κ2) is 6.49. The Bertz CT molecular complexity index is 930. The second-order valence-electron chi connectivity index (χ2n) is 6.51. The highest BCUT2D eigenvalue weighted by molar-refractivity contribution is 5.95. The van der Waals surface area contributed by atoms with Crippen molar-refractivity contribution in [2.45, 2.75) is 32.6 Å². The molecule has 0 unspecified atom stereocenters. The minimum Gasteiger partial charge on any atom is -0.372 e. The molecule has 2 aromatic heterocycles. The fourth-order valence-electron chi connectivity index (χ4n) is 3.45. The van der Waals surface area contributed by atoms with Crippen molar-refractivity contribution in [3.63, 3.8) is 0 Å². The summed E-state index contributed by atoms with van der Waals surface area (Å²) in [7, 11) is 0. The smallest absolute Gasteiger partial charge is 0.204 e. The van der Waals surface area contributed by atoms with Crippen LogP contribution in [-0.4, -0.2) is 51.5 Å². The molecule has 9 heteroatoms. The third-order valence-corrected chi connectivity index (χ3v) is 4.42. The van der Waals surface area contributed by atoms with Gasteiger partial charge < -0.3 is 14.2 Å². The van der Waals surface area contributed by atoms with Crippen LogP contribution in [0.2, 0.25) is 0 Å². The summed E-state index contributed by atoms with van der Waals surface area (Å²) < 4.78 is 27.7. The molecule has 1 aliphatic rings. The van der Waals surface area contributed by atoms with Crippen LogP contribution in [-0.2, 0) is 11.3 Å². The maximum atomic E-state index is 15.2. The van der Waals surface area contributed by atoms with E-state index < -0.39 is 5.82 Å². The van der Waals surface area contributed by atoms with Gasteiger partial charge >= 0.3 is 0 Å². The number of halogens is 1. The quantitative estimate of drug-likeness (QED) is 0.659. The van der Waals surface area contributed by atoms with E-state index in [1.807, 2.05) is 18.7 Å². The zero-order valence-electron chi connectivity index (χ0n) is 14.4. The molecule has 3 heterocycles. The van der Waals surface area contributed by atoms with E-state index in [0.29, 0.717) is 30.5 Å². The minimum atomic E-state index is -0.580. The Kier molecular flexibility index (Phi) is 4.15. The van der Waals surface area contributed by atoms with Crippen molar-refractivity contribution in [1.82, 2.24) is 19.9 Å². The normalized spacial score (nSPS) is 20.7. The van der Waals surface area contributed by atoms with Crippen molar-refractivity contribution in [2.24, 2.45) is 0 Å². The van der Waals surface area contributed by atoms with Gasteiger partial charge in [0.05, 0.1) is 29.8 Å². The highest BCUT2D eigenvalue weighted by atomic mass is 19.1. The average Bonchev–Trinajstić information content (AvgIpc) is 3.24. The van der Waals surface area contributed by atoms with Crippen LogP contribution < -0.4 is 4.90 Å². The molecule has 0 spiro atoms.